The first-order chi connectivity index (χ1) is 9.70. The van der Waals surface area contributed by atoms with Gasteiger partial charge in [-0.2, -0.15) is 0 Å². The van der Waals surface area contributed by atoms with Gasteiger partial charge < -0.3 is 0 Å². The molecule has 0 radical (unpaired) electrons. The maximum absolute atomic E-state index is 12.1. The number of hydrogen-bond donors (Lipinski definition) is 1. The molecule has 2 rings (SSSR count). The van der Waals surface area contributed by atoms with Crippen molar-refractivity contribution in [1.29, 1.82) is 0 Å². The summed E-state index contributed by atoms with van der Waals surface area (Å²) in [6.07, 6.45) is 2.02. The normalized spacial score (nSPS) is 14.8. The minimum absolute atomic E-state index is 0.151. The molecule has 0 bridgehead atoms. The number of sulfonamides is 1. The largest absolute Gasteiger partial charge is 0.288 e. The van der Waals surface area contributed by atoms with Crippen molar-refractivity contribution in [3.63, 3.8) is 0 Å². The number of carbonyl (C=O) groups is 1. The van der Waals surface area contributed by atoms with Gasteiger partial charge in [0.05, 0.1) is 9.82 Å². The first-order valence-corrected chi connectivity index (χ1v) is 8.07. The standard InChI is InChI=1S/C12H13ClN2O5S/c1-7-4-10(15(17)18)9(13)6-11(7)21(19,20)14-12(16)5-8-2-3-8/h4,6,8H,2-3,5H2,1H3,(H,14,16). The van der Waals surface area contributed by atoms with Crippen LogP contribution in [0.3, 0.4) is 0 Å². The van der Waals surface area contributed by atoms with Crippen molar-refractivity contribution >= 4 is 33.2 Å². The number of hydrogen-bond acceptors (Lipinski definition) is 5. The Morgan fingerprint density at radius 1 is 1.48 bits per heavy atom. The fourth-order valence-corrected chi connectivity index (χ4v) is 3.45. The van der Waals surface area contributed by atoms with E-state index in [4.69, 9.17) is 11.6 Å². The third-order valence-electron chi connectivity index (χ3n) is 3.15. The van der Waals surface area contributed by atoms with Crippen LogP contribution in [-0.2, 0) is 14.8 Å². The van der Waals surface area contributed by atoms with Crippen LogP contribution in [0.25, 0.3) is 0 Å². The van der Waals surface area contributed by atoms with Crippen molar-refractivity contribution in [2.45, 2.75) is 31.1 Å². The second-order valence-corrected chi connectivity index (χ2v) is 7.06. The zero-order valence-corrected chi connectivity index (χ0v) is 12.7. The molecule has 1 aliphatic rings. The molecule has 0 saturated heterocycles. The molecule has 0 aliphatic heterocycles. The van der Waals surface area contributed by atoms with Crippen molar-refractivity contribution in [2.24, 2.45) is 5.92 Å². The van der Waals surface area contributed by atoms with Crippen LogP contribution >= 0.6 is 11.6 Å². The second kappa shape index (κ2) is 5.61. The topological polar surface area (TPSA) is 106 Å². The van der Waals surface area contributed by atoms with Crippen LogP contribution in [-0.4, -0.2) is 19.2 Å². The molecule has 21 heavy (non-hydrogen) atoms. The number of nitro groups is 1. The molecule has 0 atom stereocenters. The van der Waals surface area contributed by atoms with Gasteiger partial charge >= 0.3 is 0 Å². The third-order valence-corrected chi connectivity index (χ3v) is 4.97. The molecule has 0 unspecified atom stereocenters. The van der Waals surface area contributed by atoms with E-state index in [0.717, 1.165) is 25.0 Å². The Hall–Kier alpha value is -1.67. The third kappa shape index (κ3) is 3.70. The molecular weight excluding hydrogens is 320 g/mol. The number of benzene rings is 1. The number of aryl methyl sites for hydroxylation is 1. The van der Waals surface area contributed by atoms with E-state index in [1.54, 1.807) is 0 Å². The maximum Gasteiger partial charge on any atom is 0.288 e. The zero-order chi connectivity index (χ0) is 15.8. The Morgan fingerprint density at radius 3 is 2.62 bits per heavy atom. The van der Waals surface area contributed by atoms with Crippen molar-refractivity contribution in [2.75, 3.05) is 0 Å². The van der Waals surface area contributed by atoms with Gasteiger partial charge in [-0.05, 0) is 37.3 Å². The summed E-state index contributed by atoms with van der Waals surface area (Å²) in [5.74, 6) is -0.326. The highest BCUT2D eigenvalue weighted by atomic mass is 35.5. The number of amides is 1. The van der Waals surface area contributed by atoms with Crippen molar-refractivity contribution in [3.05, 3.63) is 32.8 Å². The highest BCUT2D eigenvalue weighted by Crippen LogP contribution is 2.33. The molecule has 114 valence electrons. The van der Waals surface area contributed by atoms with E-state index in [2.05, 4.69) is 0 Å². The van der Waals surface area contributed by atoms with Crippen LogP contribution < -0.4 is 4.72 Å². The van der Waals surface area contributed by atoms with Crippen LogP contribution in [0.15, 0.2) is 17.0 Å². The van der Waals surface area contributed by atoms with Gasteiger partial charge in [0, 0.05) is 12.5 Å². The molecule has 1 fully saturated rings. The van der Waals surface area contributed by atoms with Crippen LogP contribution in [0.2, 0.25) is 5.02 Å². The van der Waals surface area contributed by atoms with Gasteiger partial charge in [-0.3, -0.25) is 14.9 Å². The number of carbonyl (C=O) groups excluding carboxylic acids is 1. The van der Waals surface area contributed by atoms with Crippen LogP contribution in [0.4, 0.5) is 5.69 Å². The first kappa shape index (κ1) is 15.7. The number of rotatable bonds is 5. The summed E-state index contributed by atoms with van der Waals surface area (Å²) in [5, 5.41) is 10.5. The van der Waals surface area contributed by atoms with Gasteiger partial charge in [-0.15, -0.1) is 0 Å². The minimum atomic E-state index is -4.08. The highest BCUT2D eigenvalue weighted by molar-refractivity contribution is 7.90. The molecule has 1 saturated carbocycles. The lowest BCUT2D eigenvalue weighted by atomic mass is 10.2. The Morgan fingerprint density at radius 2 is 2.10 bits per heavy atom. The van der Waals surface area contributed by atoms with E-state index in [0.29, 0.717) is 0 Å². The fourth-order valence-electron chi connectivity index (χ4n) is 1.91. The SMILES string of the molecule is Cc1cc([N+](=O)[O-])c(Cl)cc1S(=O)(=O)NC(=O)CC1CC1. The molecule has 7 nitrogen and oxygen atoms in total. The van der Waals surface area contributed by atoms with E-state index in [1.165, 1.54) is 6.92 Å². The molecule has 0 heterocycles. The quantitative estimate of drug-likeness (QED) is 0.656. The lowest BCUT2D eigenvalue weighted by Gasteiger charge is -2.10. The number of nitrogens with one attached hydrogen (secondary N) is 1. The van der Waals surface area contributed by atoms with E-state index < -0.39 is 20.9 Å². The van der Waals surface area contributed by atoms with Gasteiger partial charge in [0.15, 0.2) is 0 Å². The average molecular weight is 333 g/mol. The molecular formula is C12H13ClN2O5S. The number of halogens is 1. The second-order valence-electron chi connectivity index (χ2n) is 5.00. The van der Waals surface area contributed by atoms with Gasteiger partial charge in [0.2, 0.25) is 5.91 Å². The van der Waals surface area contributed by atoms with Gasteiger partial charge in [-0.25, -0.2) is 13.1 Å². The lowest BCUT2D eigenvalue weighted by molar-refractivity contribution is -0.384. The molecule has 1 aromatic carbocycles. The number of nitrogens with zero attached hydrogens (tertiary/aromatic N) is 1. The van der Waals surface area contributed by atoms with Crippen LogP contribution in [0.1, 0.15) is 24.8 Å². The van der Waals surface area contributed by atoms with E-state index in [1.807, 2.05) is 4.72 Å². The predicted octanol–water partition coefficient (Wildman–Crippen LogP) is 2.16. The van der Waals surface area contributed by atoms with E-state index in [9.17, 15) is 23.3 Å². The summed E-state index contributed by atoms with van der Waals surface area (Å²) >= 11 is 5.71. The molecule has 1 aromatic rings. The van der Waals surface area contributed by atoms with E-state index in [-0.39, 0.29) is 33.5 Å². The molecule has 1 N–H and O–H groups in total. The molecule has 0 spiro atoms. The van der Waals surface area contributed by atoms with Crippen molar-refractivity contribution in [1.82, 2.24) is 4.72 Å². The zero-order valence-electron chi connectivity index (χ0n) is 11.1. The van der Waals surface area contributed by atoms with Crippen molar-refractivity contribution < 1.29 is 18.1 Å². The smallest absolute Gasteiger partial charge is 0.274 e. The summed E-state index contributed by atoms with van der Waals surface area (Å²) < 4.78 is 26.2. The predicted molar refractivity (Wildman–Crippen MR) is 75.5 cm³/mol. The molecule has 1 aliphatic carbocycles. The number of nitro benzene ring substituents is 1. The maximum atomic E-state index is 12.1. The average Bonchev–Trinajstić information content (AvgIpc) is 3.14. The molecule has 9 heteroatoms. The van der Waals surface area contributed by atoms with Gasteiger partial charge in [0.25, 0.3) is 15.7 Å². The van der Waals surface area contributed by atoms with Crippen LogP contribution in [0, 0.1) is 23.0 Å². The van der Waals surface area contributed by atoms with Gasteiger partial charge in [0.1, 0.15) is 5.02 Å². The lowest BCUT2D eigenvalue weighted by Crippen LogP contribution is -2.31. The summed E-state index contributed by atoms with van der Waals surface area (Å²) in [6, 6.07) is 2.06. The van der Waals surface area contributed by atoms with Gasteiger partial charge in [-0.1, -0.05) is 11.6 Å². The van der Waals surface area contributed by atoms with Crippen molar-refractivity contribution in [3.8, 4) is 0 Å². The fraction of sp³-hybridized carbons (Fsp3) is 0.417. The Balaban J connectivity index is 2.28. The molecule has 1 amide bonds. The Labute approximate surface area is 126 Å². The highest BCUT2D eigenvalue weighted by Gasteiger charge is 2.28. The Bertz CT molecular complexity index is 713. The van der Waals surface area contributed by atoms with E-state index >= 15 is 0 Å². The Kier molecular flexibility index (Phi) is 4.20. The summed E-state index contributed by atoms with van der Waals surface area (Å²) in [4.78, 5) is 21.4. The summed E-state index contributed by atoms with van der Waals surface area (Å²) in [6.45, 7) is 1.41. The first-order valence-electron chi connectivity index (χ1n) is 6.21. The summed E-state index contributed by atoms with van der Waals surface area (Å²) in [5.41, 5.74) is -0.227. The monoisotopic (exact) mass is 332 g/mol. The van der Waals surface area contributed by atoms with Crippen LogP contribution in [0.5, 0.6) is 0 Å². The minimum Gasteiger partial charge on any atom is -0.274 e. The summed E-state index contributed by atoms with van der Waals surface area (Å²) in [7, 11) is -4.08. The molecule has 0 aromatic heterocycles.